The summed E-state index contributed by atoms with van der Waals surface area (Å²) in [4.78, 5) is 200. The van der Waals surface area contributed by atoms with Crippen molar-refractivity contribution in [3.63, 3.8) is 0 Å². The Morgan fingerprint density at radius 1 is 0.315 bits per heavy atom. The average Bonchev–Trinajstić information content (AvgIpc) is 1.73. The van der Waals surface area contributed by atoms with Crippen LogP contribution in [0.25, 0.3) is 10.9 Å². The molecule has 0 aliphatic rings. The van der Waals surface area contributed by atoms with Gasteiger partial charge in [0.1, 0.15) is 78.0 Å². The molecule has 4 rings (SSSR count). The van der Waals surface area contributed by atoms with E-state index in [9.17, 15) is 48.6 Å². The van der Waals surface area contributed by atoms with E-state index < -0.39 is 149 Å². The van der Waals surface area contributed by atoms with Crippen LogP contribution in [0, 0.1) is 0 Å². The summed E-state index contributed by atoms with van der Waals surface area (Å²) in [6.45, 7) is 2.82. The van der Waals surface area contributed by atoms with E-state index in [0.717, 1.165) is 6.92 Å². The van der Waals surface area contributed by atoms with Crippen LogP contribution in [0.1, 0.15) is 184 Å². The van der Waals surface area contributed by atoms with Crippen molar-refractivity contribution in [2.75, 3.05) is 58.9 Å². The number of aromatic nitrogens is 1. The normalized spacial score (nSPS) is 14.0. The van der Waals surface area contributed by atoms with Crippen molar-refractivity contribution < 1.29 is 72.5 Å². The minimum absolute atomic E-state index is 0.00372. The van der Waals surface area contributed by atoms with Gasteiger partial charge >= 0.3 is 0 Å². The highest BCUT2D eigenvalue weighted by molar-refractivity contribution is 6.01. The van der Waals surface area contributed by atoms with E-state index >= 15 is 24.0 Å². The van der Waals surface area contributed by atoms with E-state index in [-0.39, 0.29) is 179 Å². The third-order valence-corrected chi connectivity index (χ3v) is 21.0. The second-order valence-corrected chi connectivity index (χ2v) is 31.5. The molecule has 1 aromatic heterocycles. The molecule has 0 fully saturated rings. The second-order valence-electron chi connectivity index (χ2n) is 31.5. The van der Waals surface area contributed by atoms with Crippen LogP contribution in [0.3, 0.4) is 0 Å². The number of H-pyrrole nitrogens is 1. The standard InChI is InChI=1S/C85H141N27O15/c1-52(113)101-73(117)61(23-4-11-39-86)102-74(118)62(24-5-12-40-87)103-75(119)63(25-6-13-41-88)104-76(120)64(26-7-14-42-89)105-77(121)65(27-8-15-43-90)106-78(122)66(28-9-16-44-91)107-79(123)67(29-10-17-45-92)108-83(127)71(50-55-51-100-60-22-3-2-20-58(55)60)112-80(124)68(30-19-47-99-85(96)97)109-81(125)70(49-54-33-37-57(115)38-34-54)111-82(126)69(48-53-31-35-56(114)36-32-53)110-72(116)59(93)21-18-46-98-84(94)95/h2-3,20,22,31-38,51,59,61-71,100,114-115H,4-19,21,23-30,39-50,86-93H2,1H3,(H,102,118)(H,103,119)(H,104,120)(H,105,121)(H,106,122)(H,107,123)(H,108,127)(H,109,125)(H,110,116)(H,111,126)(H,112,124)(H4,94,95,98)(H4,96,97,99)(H,101,113,117)/t59-,61-,62-,63-,64-,65-,66-,67-,68-,69-,70-,71-/m0/s1. The number of carbonyl (C=O) groups excluding carboxylic acids is 13. The van der Waals surface area contributed by atoms with Gasteiger partial charge in [-0.05, 0) is 253 Å². The fraction of sp³-hybridized carbons (Fsp3) is 0.588. The third-order valence-electron chi connectivity index (χ3n) is 21.0. The Labute approximate surface area is 741 Å². The van der Waals surface area contributed by atoms with Gasteiger partial charge < -0.3 is 142 Å². The van der Waals surface area contributed by atoms with Gasteiger partial charge in [-0.3, -0.25) is 77.6 Å². The third kappa shape index (κ3) is 42.0. The fourth-order valence-corrected chi connectivity index (χ4v) is 13.9. The van der Waals surface area contributed by atoms with Crippen LogP contribution in [0.4, 0.5) is 0 Å². The number of imide groups is 1. The summed E-state index contributed by atoms with van der Waals surface area (Å²) in [5, 5.41) is 53.8. The highest BCUT2D eigenvalue weighted by atomic mass is 16.3. The van der Waals surface area contributed by atoms with Crippen molar-refractivity contribution >= 4 is 99.6 Å². The molecular weight excluding hydrogens is 1640 g/mol. The molecule has 42 nitrogen and oxygen atoms in total. The summed E-state index contributed by atoms with van der Waals surface area (Å²) < 4.78 is 0. The Morgan fingerprint density at radius 3 is 0.858 bits per heavy atom. The molecule has 0 saturated carbocycles. The first kappa shape index (κ1) is 108. The first-order valence-electron chi connectivity index (χ1n) is 43.9. The molecule has 42 heteroatoms. The lowest BCUT2D eigenvalue weighted by molar-refractivity contribution is -0.136. The predicted octanol–water partition coefficient (Wildman–Crippen LogP) is -4.06. The summed E-state index contributed by atoms with van der Waals surface area (Å²) in [6.07, 6.45) is 6.47. The number of nitrogens with two attached hydrogens (primary N) is 12. The van der Waals surface area contributed by atoms with Crippen LogP contribution in [-0.2, 0) is 81.6 Å². The van der Waals surface area contributed by atoms with E-state index in [0.29, 0.717) is 111 Å². The summed E-state index contributed by atoms with van der Waals surface area (Å²) >= 11 is 0. The Morgan fingerprint density at radius 2 is 0.567 bits per heavy atom. The molecule has 0 spiro atoms. The molecule has 3 aromatic carbocycles. The highest BCUT2D eigenvalue weighted by Crippen LogP contribution is 2.22. The zero-order chi connectivity index (χ0) is 93.6. The van der Waals surface area contributed by atoms with Crippen molar-refractivity contribution in [2.24, 2.45) is 78.8 Å². The monoisotopic (exact) mass is 1780 g/mol. The number of rotatable bonds is 65. The maximum Gasteiger partial charge on any atom is 0.249 e. The van der Waals surface area contributed by atoms with Gasteiger partial charge in [0.15, 0.2) is 11.9 Å². The average molecular weight is 1780 g/mol. The molecule has 1 heterocycles. The molecule has 127 heavy (non-hydrogen) atoms. The van der Waals surface area contributed by atoms with Crippen molar-refractivity contribution in [3.8, 4) is 11.5 Å². The molecule has 0 saturated heterocycles. The maximum absolute atomic E-state index is 15.5. The fourth-order valence-electron chi connectivity index (χ4n) is 13.9. The van der Waals surface area contributed by atoms with Crippen molar-refractivity contribution in [1.29, 1.82) is 0 Å². The molecule has 0 bridgehead atoms. The lowest BCUT2D eigenvalue weighted by Crippen LogP contribution is -2.61. The quantitative estimate of drug-likeness (QED) is 0.0114. The minimum Gasteiger partial charge on any atom is -0.508 e. The number of hydrogen-bond donors (Lipinski definition) is 27. The van der Waals surface area contributed by atoms with Gasteiger partial charge in [0, 0.05) is 56.4 Å². The number of nitrogens with zero attached hydrogens (tertiary/aromatic N) is 2. The minimum atomic E-state index is -1.56. The smallest absolute Gasteiger partial charge is 0.249 e. The molecule has 706 valence electrons. The van der Waals surface area contributed by atoms with E-state index in [1.807, 2.05) is 0 Å². The van der Waals surface area contributed by atoms with Crippen LogP contribution in [0.15, 0.2) is 89.0 Å². The van der Waals surface area contributed by atoms with Crippen LogP contribution in [0.5, 0.6) is 11.5 Å². The number of aromatic amines is 1. The van der Waals surface area contributed by atoms with E-state index in [4.69, 9.17) is 68.8 Å². The number of aliphatic imine (C=N–C) groups is 2. The molecule has 13 amide bonds. The molecule has 39 N–H and O–H groups in total. The number of fused-ring (bicyclic) bond motifs is 1. The summed E-state index contributed by atoms with van der Waals surface area (Å²) in [6, 6.07) is 2.14. The highest BCUT2D eigenvalue weighted by Gasteiger charge is 2.38. The van der Waals surface area contributed by atoms with Crippen molar-refractivity contribution in [2.45, 2.75) is 259 Å². The Bertz CT molecular complexity index is 4130. The number of amides is 13. The first-order valence-corrected chi connectivity index (χ1v) is 43.9. The number of aromatic hydroxyl groups is 2. The number of phenols is 2. The lowest BCUT2D eigenvalue weighted by atomic mass is 10.0. The Balaban J connectivity index is 1.75. The SMILES string of the molecule is CC(=O)NC(=O)[C@H](CCCCN)NC(=O)[C@H](CCCCN)NC(=O)[C@H](CCCCN)NC(=O)[C@H](CCCCN)NC(=O)[C@H](CCCCN)NC(=O)[C@H](CCCCN)NC(=O)[C@H](CCCCN)NC(=O)[C@H](Cc1c[nH]c2ccccc12)NC(=O)[C@H](CCCN=C(N)N)NC(=O)[C@H](Cc1ccc(O)cc1)NC(=O)[C@H](Cc1ccc(O)cc1)NC(=O)[C@@H](N)CCCN=C(N)N. The molecular formula is C85H141N27O15. The largest absolute Gasteiger partial charge is 0.508 e. The van der Waals surface area contributed by atoms with Gasteiger partial charge in [0.05, 0.1) is 6.04 Å². The van der Waals surface area contributed by atoms with Gasteiger partial charge in [0.25, 0.3) is 0 Å². The summed E-state index contributed by atoms with van der Waals surface area (Å²) in [5.74, 6) is -11.3. The van der Waals surface area contributed by atoms with Crippen LogP contribution in [0.2, 0.25) is 0 Å². The molecule has 0 radical (unpaired) electrons. The topological polar surface area (TPSA) is 759 Å². The van der Waals surface area contributed by atoms with Crippen LogP contribution >= 0.6 is 0 Å². The molecule has 0 aliphatic heterocycles. The number of hydrogen-bond acceptors (Lipinski definition) is 25. The van der Waals surface area contributed by atoms with Crippen molar-refractivity contribution in [3.05, 3.63) is 95.7 Å². The Kier molecular flexibility index (Phi) is 51.6. The number of unbranched alkanes of at least 4 members (excludes halogenated alkanes) is 7. The van der Waals surface area contributed by atoms with E-state index in [2.05, 4.69) is 78.8 Å². The zero-order valence-electron chi connectivity index (χ0n) is 73.1. The van der Waals surface area contributed by atoms with Crippen LogP contribution < -0.4 is 133 Å². The molecule has 12 atom stereocenters. The number of carbonyl (C=O) groups is 13. The van der Waals surface area contributed by atoms with E-state index in [1.54, 1.807) is 30.5 Å². The molecule has 0 unspecified atom stereocenters. The van der Waals surface area contributed by atoms with Gasteiger partial charge in [-0.25, -0.2) is 0 Å². The van der Waals surface area contributed by atoms with Crippen molar-refractivity contribution in [1.82, 2.24) is 68.8 Å². The summed E-state index contributed by atoms with van der Waals surface area (Å²) in [5.41, 5.74) is 72.1. The zero-order valence-corrected chi connectivity index (χ0v) is 73.1. The maximum atomic E-state index is 15.5. The number of benzene rings is 3. The number of guanidine groups is 2. The Hall–Kier alpha value is -11.7. The van der Waals surface area contributed by atoms with Gasteiger partial charge in [0.2, 0.25) is 76.8 Å². The summed E-state index contributed by atoms with van der Waals surface area (Å²) in [7, 11) is 0. The second kappa shape index (κ2) is 60.9. The van der Waals surface area contributed by atoms with E-state index in [1.165, 1.54) is 48.5 Å². The van der Waals surface area contributed by atoms with Crippen LogP contribution in [-0.4, -0.2) is 235 Å². The molecule has 4 aromatic rings. The number of nitrogens with one attached hydrogen (secondary N) is 13. The lowest BCUT2D eigenvalue weighted by Gasteiger charge is -2.29. The van der Waals surface area contributed by atoms with Gasteiger partial charge in [-0.15, -0.1) is 0 Å². The first-order chi connectivity index (χ1) is 60.9. The molecule has 0 aliphatic carbocycles. The number of phenolic OH excluding ortho intramolecular Hbond substituents is 2. The van der Waals surface area contributed by atoms with Gasteiger partial charge in [-0.1, -0.05) is 42.5 Å². The van der Waals surface area contributed by atoms with Gasteiger partial charge in [-0.2, -0.15) is 0 Å². The number of para-hydroxylation sites is 1. The predicted molar refractivity (Wildman–Crippen MR) is 484 cm³/mol.